The van der Waals surface area contributed by atoms with Crippen molar-refractivity contribution in [3.05, 3.63) is 47.5 Å². The number of nitrogens with zero attached hydrogens (tertiary/aromatic N) is 3. The van der Waals surface area contributed by atoms with Gasteiger partial charge >= 0.3 is 5.97 Å². The molecule has 1 amide bonds. The zero-order valence-corrected chi connectivity index (χ0v) is 13.3. The van der Waals surface area contributed by atoms with Crippen molar-refractivity contribution in [2.75, 3.05) is 13.1 Å². The number of hydrogen-bond donors (Lipinski definition) is 1. The number of aliphatic carboxylic acids is 1. The zero-order valence-electron chi connectivity index (χ0n) is 13.3. The number of benzene rings is 1. The number of carbonyl (C=O) groups excluding carboxylic acids is 1. The first-order chi connectivity index (χ1) is 11.5. The average Bonchev–Trinajstić information content (AvgIpc) is 2.97. The number of halogens is 1. The van der Waals surface area contributed by atoms with Gasteiger partial charge in [0, 0.05) is 18.8 Å². The van der Waals surface area contributed by atoms with E-state index in [4.69, 9.17) is 5.11 Å². The Hall–Kier alpha value is -2.70. The highest BCUT2D eigenvalue weighted by molar-refractivity contribution is 5.93. The molecule has 1 saturated heterocycles. The van der Waals surface area contributed by atoms with Crippen molar-refractivity contribution in [1.29, 1.82) is 0 Å². The summed E-state index contributed by atoms with van der Waals surface area (Å²) in [6.45, 7) is 2.55. The number of carboxylic acids is 1. The summed E-state index contributed by atoms with van der Waals surface area (Å²) in [7, 11) is 0. The molecule has 1 N–H and O–H groups in total. The minimum absolute atomic E-state index is 0.205. The normalized spacial score (nSPS) is 17.8. The molecular weight excluding hydrogens is 313 g/mol. The van der Waals surface area contributed by atoms with E-state index in [0.717, 1.165) is 5.69 Å². The van der Waals surface area contributed by atoms with Crippen LogP contribution >= 0.6 is 0 Å². The van der Waals surface area contributed by atoms with Crippen LogP contribution in [0, 0.1) is 18.7 Å². The summed E-state index contributed by atoms with van der Waals surface area (Å²) in [6.07, 6.45) is 1.25. The van der Waals surface area contributed by atoms with Gasteiger partial charge < -0.3 is 10.0 Å². The van der Waals surface area contributed by atoms with Gasteiger partial charge in [-0.2, -0.15) is 5.10 Å². The molecule has 1 aromatic carbocycles. The van der Waals surface area contributed by atoms with Gasteiger partial charge in [-0.3, -0.25) is 9.59 Å². The number of likely N-dealkylation sites (tertiary alicyclic amines) is 1. The molecule has 0 bridgehead atoms. The second-order valence-electron chi connectivity index (χ2n) is 5.99. The molecule has 1 aliphatic heterocycles. The highest BCUT2D eigenvalue weighted by atomic mass is 19.1. The molecule has 1 fully saturated rings. The summed E-state index contributed by atoms with van der Waals surface area (Å²) in [5.74, 6) is -2.01. The molecule has 1 aliphatic rings. The van der Waals surface area contributed by atoms with E-state index >= 15 is 0 Å². The third kappa shape index (κ3) is 3.15. The number of hydrogen-bond acceptors (Lipinski definition) is 3. The van der Waals surface area contributed by atoms with Crippen molar-refractivity contribution in [1.82, 2.24) is 14.7 Å². The predicted molar refractivity (Wildman–Crippen MR) is 84.5 cm³/mol. The number of aryl methyl sites for hydroxylation is 1. The SMILES string of the molecule is Cc1cc(C(=O)N2CCCC(C(=O)O)C2)nn1-c1ccc(F)cc1. The van der Waals surface area contributed by atoms with Gasteiger partial charge in [-0.05, 0) is 50.1 Å². The smallest absolute Gasteiger partial charge is 0.308 e. The summed E-state index contributed by atoms with van der Waals surface area (Å²) >= 11 is 0. The third-order valence-electron chi connectivity index (χ3n) is 4.24. The predicted octanol–water partition coefficient (Wildman–Crippen LogP) is 2.26. The van der Waals surface area contributed by atoms with Crippen molar-refractivity contribution in [3.8, 4) is 5.69 Å². The fraction of sp³-hybridized carbons (Fsp3) is 0.353. The number of carbonyl (C=O) groups is 2. The molecule has 0 saturated carbocycles. The van der Waals surface area contributed by atoms with E-state index in [-0.39, 0.29) is 24.0 Å². The summed E-state index contributed by atoms with van der Waals surface area (Å²) in [4.78, 5) is 25.3. The van der Waals surface area contributed by atoms with Gasteiger partial charge in [0.25, 0.3) is 5.91 Å². The number of carboxylic acid groups (broad SMARTS) is 1. The van der Waals surface area contributed by atoms with E-state index in [1.807, 2.05) is 6.92 Å². The van der Waals surface area contributed by atoms with Gasteiger partial charge in [0.1, 0.15) is 5.82 Å². The van der Waals surface area contributed by atoms with Gasteiger partial charge in [-0.25, -0.2) is 9.07 Å². The first-order valence-electron chi connectivity index (χ1n) is 7.80. The third-order valence-corrected chi connectivity index (χ3v) is 4.24. The Labute approximate surface area is 138 Å². The Morgan fingerprint density at radius 2 is 2.00 bits per heavy atom. The molecule has 3 rings (SSSR count). The van der Waals surface area contributed by atoms with Crippen molar-refractivity contribution in [2.45, 2.75) is 19.8 Å². The van der Waals surface area contributed by atoms with E-state index in [1.54, 1.807) is 27.8 Å². The minimum Gasteiger partial charge on any atom is -0.481 e. The van der Waals surface area contributed by atoms with E-state index in [9.17, 15) is 14.0 Å². The van der Waals surface area contributed by atoms with Gasteiger partial charge in [0.2, 0.25) is 0 Å². The summed E-state index contributed by atoms with van der Waals surface area (Å²) in [6, 6.07) is 7.51. The van der Waals surface area contributed by atoms with Crippen molar-refractivity contribution < 1.29 is 19.1 Å². The van der Waals surface area contributed by atoms with Crippen LogP contribution in [0.1, 0.15) is 29.0 Å². The number of amides is 1. The van der Waals surface area contributed by atoms with Crippen LogP contribution in [-0.4, -0.2) is 44.8 Å². The molecule has 126 valence electrons. The molecule has 0 spiro atoms. The maximum atomic E-state index is 13.0. The van der Waals surface area contributed by atoms with Crippen LogP contribution in [0.2, 0.25) is 0 Å². The standard InChI is InChI=1S/C17H18FN3O3/c1-11-9-15(19-21(11)14-6-4-13(18)5-7-14)16(22)20-8-2-3-12(10-20)17(23)24/h4-7,9,12H,2-3,8,10H2,1H3,(H,23,24). The van der Waals surface area contributed by atoms with Crippen LogP contribution in [0.3, 0.4) is 0 Å². The molecule has 0 aliphatic carbocycles. The number of piperidine rings is 1. The molecule has 7 heteroatoms. The summed E-state index contributed by atoms with van der Waals surface area (Å²) < 4.78 is 14.6. The van der Waals surface area contributed by atoms with E-state index in [0.29, 0.717) is 25.1 Å². The van der Waals surface area contributed by atoms with Gasteiger partial charge in [-0.1, -0.05) is 0 Å². The molecule has 0 radical (unpaired) electrons. The first kappa shape index (κ1) is 16.2. The van der Waals surface area contributed by atoms with Crippen LogP contribution in [0.15, 0.2) is 30.3 Å². The molecule has 2 aromatic rings. The number of rotatable bonds is 3. The second-order valence-corrected chi connectivity index (χ2v) is 5.99. The van der Waals surface area contributed by atoms with Crippen molar-refractivity contribution in [2.24, 2.45) is 5.92 Å². The fourth-order valence-corrected chi connectivity index (χ4v) is 2.95. The molecule has 6 nitrogen and oxygen atoms in total. The Bertz CT molecular complexity index is 770. The summed E-state index contributed by atoms with van der Waals surface area (Å²) in [5.41, 5.74) is 1.68. The lowest BCUT2D eigenvalue weighted by Crippen LogP contribution is -2.42. The van der Waals surface area contributed by atoms with Crippen molar-refractivity contribution in [3.63, 3.8) is 0 Å². The minimum atomic E-state index is -0.875. The maximum absolute atomic E-state index is 13.0. The lowest BCUT2D eigenvalue weighted by molar-refractivity contribution is -0.143. The molecule has 1 unspecified atom stereocenters. The lowest BCUT2D eigenvalue weighted by Gasteiger charge is -2.30. The molecule has 24 heavy (non-hydrogen) atoms. The molecule has 1 atom stereocenters. The first-order valence-corrected chi connectivity index (χ1v) is 7.80. The fourth-order valence-electron chi connectivity index (χ4n) is 2.95. The Morgan fingerprint density at radius 3 is 2.67 bits per heavy atom. The van der Waals surface area contributed by atoms with Crippen LogP contribution < -0.4 is 0 Å². The van der Waals surface area contributed by atoms with E-state index in [1.165, 1.54) is 12.1 Å². The average molecular weight is 331 g/mol. The van der Waals surface area contributed by atoms with Crippen LogP contribution in [0.25, 0.3) is 5.69 Å². The topological polar surface area (TPSA) is 75.4 Å². The van der Waals surface area contributed by atoms with E-state index in [2.05, 4.69) is 5.10 Å². The molecular formula is C17H18FN3O3. The monoisotopic (exact) mass is 331 g/mol. The Kier molecular flexibility index (Phi) is 4.33. The lowest BCUT2D eigenvalue weighted by atomic mass is 9.98. The number of aromatic nitrogens is 2. The van der Waals surface area contributed by atoms with Gasteiger partial charge in [0.05, 0.1) is 11.6 Å². The maximum Gasteiger partial charge on any atom is 0.308 e. The quantitative estimate of drug-likeness (QED) is 0.936. The Morgan fingerprint density at radius 1 is 1.29 bits per heavy atom. The van der Waals surface area contributed by atoms with E-state index < -0.39 is 11.9 Å². The van der Waals surface area contributed by atoms with Crippen LogP contribution in [-0.2, 0) is 4.79 Å². The molecule has 1 aromatic heterocycles. The largest absolute Gasteiger partial charge is 0.481 e. The Balaban J connectivity index is 1.82. The van der Waals surface area contributed by atoms with Crippen molar-refractivity contribution >= 4 is 11.9 Å². The van der Waals surface area contributed by atoms with Crippen LogP contribution in [0.5, 0.6) is 0 Å². The van der Waals surface area contributed by atoms with Gasteiger partial charge in [0.15, 0.2) is 5.69 Å². The zero-order chi connectivity index (χ0) is 17.3. The highest BCUT2D eigenvalue weighted by Gasteiger charge is 2.29. The highest BCUT2D eigenvalue weighted by Crippen LogP contribution is 2.20. The van der Waals surface area contributed by atoms with Crippen LogP contribution in [0.4, 0.5) is 4.39 Å². The second kappa shape index (κ2) is 6.43. The summed E-state index contributed by atoms with van der Waals surface area (Å²) in [5, 5.41) is 13.4. The van der Waals surface area contributed by atoms with Gasteiger partial charge in [-0.15, -0.1) is 0 Å². The molecule has 2 heterocycles.